The molecule has 1 aliphatic heterocycles. The lowest BCUT2D eigenvalue weighted by Crippen LogP contribution is -2.37. The third-order valence-corrected chi connectivity index (χ3v) is 7.80. The van der Waals surface area contributed by atoms with E-state index in [2.05, 4.69) is 28.4 Å². The molecule has 10 nitrogen and oxygen atoms in total. The summed E-state index contributed by atoms with van der Waals surface area (Å²) >= 11 is 6.45. The Hall–Kier alpha value is -3.18. The van der Waals surface area contributed by atoms with Crippen LogP contribution in [0, 0.1) is 5.92 Å². The first kappa shape index (κ1) is 26.9. The van der Waals surface area contributed by atoms with Gasteiger partial charge in [0.2, 0.25) is 20.9 Å². The Labute approximate surface area is 220 Å². The second kappa shape index (κ2) is 11.1. The predicted molar refractivity (Wildman–Crippen MR) is 142 cm³/mol. The van der Waals surface area contributed by atoms with Gasteiger partial charge in [-0.25, -0.2) is 8.42 Å². The highest BCUT2D eigenvalue weighted by Crippen LogP contribution is 2.29. The number of anilines is 1. The van der Waals surface area contributed by atoms with Crippen LogP contribution >= 0.6 is 11.6 Å². The van der Waals surface area contributed by atoms with Crippen molar-refractivity contribution in [3.05, 3.63) is 57.9 Å². The zero-order valence-electron chi connectivity index (χ0n) is 20.9. The average molecular weight is 548 g/mol. The third kappa shape index (κ3) is 5.72. The molecule has 0 saturated carbocycles. The first-order valence-electron chi connectivity index (χ1n) is 12.1. The molecule has 1 aliphatic rings. The van der Waals surface area contributed by atoms with Gasteiger partial charge in [-0.05, 0) is 30.4 Å². The molecule has 12 heteroatoms. The second-order valence-electron chi connectivity index (χ2n) is 9.15. The minimum absolute atomic E-state index is 0.00168. The maximum atomic E-state index is 13.8. The minimum Gasteiger partial charge on any atom is -0.460 e. The number of hydrogen-bond acceptors (Lipinski definition) is 8. The highest BCUT2D eigenvalue weighted by Gasteiger charge is 2.29. The van der Waals surface area contributed by atoms with Gasteiger partial charge in [-0.3, -0.25) is 18.7 Å². The molecular weight excluding hydrogens is 518 g/mol. The van der Waals surface area contributed by atoms with Gasteiger partial charge in [0.1, 0.15) is 13.2 Å². The normalized spacial score (nSPS) is 16.2. The standard InChI is InChI=1S/C25H30ClN5O5S/c1-4-13-36-20(32)16-31-23(33)21-22(28-25(31)37(3,34)35)27-24(29-12-8-9-17(5-2)14-29)30(21)15-18-10-6-7-11-19(18)26/h4,6-7,10-11,17H,1,5,8-9,12-16H2,2-3H3/t17-/m1/s1. The van der Waals surface area contributed by atoms with Crippen molar-refractivity contribution >= 4 is 44.5 Å². The molecular formula is C25H30ClN5O5S. The zero-order chi connectivity index (χ0) is 26.7. The maximum Gasteiger partial charge on any atom is 0.326 e. The molecule has 0 amide bonds. The summed E-state index contributed by atoms with van der Waals surface area (Å²) in [6, 6.07) is 7.28. The number of nitrogens with zero attached hydrogens (tertiary/aromatic N) is 5. The van der Waals surface area contributed by atoms with Crippen molar-refractivity contribution in [1.82, 2.24) is 19.1 Å². The number of fused-ring (bicyclic) bond motifs is 1. The highest BCUT2D eigenvalue weighted by molar-refractivity contribution is 7.90. The fourth-order valence-electron chi connectivity index (χ4n) is 4.60. The summed E-state index contributed by atoms with van der Waals surface area (Å²) in [5.41, 5.74) is 0.160. The highest BCUT2D eigenvalue weighted by atomic mass is 35.5. The van der Waals surface area contributed by atoms with E-state index in [1.807, 2.05) is 18.2 Å². The first-order chi connectivity index (χ1) is 17.6. The van der Waals surface area contributed by atoms with E-state index in [-0.39, 0.29) is 24.3 Å². The van der Waals surface area contributed by atoms with Crippen molar-refractivity contribution in [3.63, 3.8) is 0 Å². The van der Waals surface area contributed by atoms with Crippen LogP contribution in [0.2, 0.25) is 5.02 Å². The average Bonchev–Trinajstić information content (AvgIpc) is 3.23. The van der Waals surface area contributed by atoms with E-state index in [1.165, 1.54) is 6.08 Å². The summed E-state index contributed by atoms with van der Waals surface area (Å²) in [4.78, 5) is 37.3. The summed E-state index contributed by atoms with van der Waals surface area (Å²) in [6.07, 6.45) is 5.40. The van der Waals surface area contributed by atoms with E-state index in [4.69, 9.17) is 16.3 Å². The molecule has 0 N–H and O–H groups in total. The number of piperidine rings is 1. The van der Waals surface area contributed by atoms with E-state index < -0.39 is 33.1 Å². The smallest absolute Gasteiger partial charge is 0.326 e. The van der Waals surface area contributed by atoms with Crippen molar-refractivity contribution < 1.29 is 17.9 Å². The summed E-state index contributed by atoms with van der Waals surface area (Å²) in [7, 11) is -3.98. The lowest BCUT2D eigenvalue weighted by atomic mass is 9.96. The van der Waals surface area contributed by atoms with E-state index in [0.29, 0.717) is 16.9 Å². The molecule has 0 bridgehead atoms. The number of hydrogen-bond donors (Lipinski definition) is 0. The zero-order valence-corrected chi connectivity index (χ0v) is 22.5. The molecule has 0 spiro atoms. The van der Waals surface area contributed by atoms with Crippen LogP contribution in [-0.4, -0.2) is 59.4 Å². The van der Waals surface area contributed by atoms with Crippen LogP contribution in [0.5, 0.6) is 0 Å². The minimum atomic E-state index is -3.98. The Kier molecular flexibility index (Phi) is 8.03. The molecule has 1 atom stereocenters. The number of esters is 1. The monoisotopic (exact) mass is 547 g/mol. The Morgan fingerprint density at radius 1 is 1.27 bits per heavy atom. The topological polar surface area (TPSA) is 116 Å². The van der Waals surface area contributed by atoms with Gasteiger partial charge in [-0.1, -0.05) is 55.8 Å². The van der Waals surface area contributed by atoms with Gasteiger partial charge in [0, 0.05) is 24.4 Å². The molecule has 4 rings (SSSR count). The molecule has 2 aromatic heterocycles. The Morgan fingerprint density at radius 3 is 2.70 bits per heavy atom. The van der Waals surface area contributed by atoms with E-state index in [1.54, 1.807) is 10.6 Å². The van der Waals surface area contributed by atoms with Crippen LogP contribution in [-0.2, 0) is 32.5 Å². The number of aromatic nitrogens is 4. The van der Waals surface area contributed by atoms with Gasteiger partial charge in [0.15, 0.2) is 11.2 Å². The van der Waals surface area contributed by atoms with Crippen LogP contribution in [0.3, 0.4) is 0 Å². The Bertz CT molecular complexity index is 1500. The van der Waals surface area contributed by atoms with E-state index >= 15 is 0 Å². The summed E-state index contributed by atoms with van der Waals surface area (Å²) < 4.78 is 32.8. The number of rotatable bonds is 9. The lowest BCUT2D eigenvalue weighted by Gasteiger charge is -2.33. The Balaban J connectivity index is 1.95. The van der Waals surface area contributed by atoms with Gasteiger partial charge >= 0.3 is 5.97 Å². The van der Waals surface area contributed by atoms with Crippen molar-refractivity contribution in [2.75, 3.05) is 30.9 Å². The van der Waals surface area contributed by atoms with Gasteiger partial charge < -0.3 is 9.64 Å². The molecule has 0 radical (unpaired) electrons. The van der Waals surface area contributed by atoms with E-state index in [0.717, 1.165) is 48.7 Å². The number of benzene rings is 1. The number of imidazole rings is 1. The van der Waals surface area contributed by atoms with Gasteiger partial charge in [-0.15, -0.1) is 0 Å². The van der Waals surface area contributed by atoms with Crippen molar-refractivity contribution in [1.29, 1.82) is 0 Å². The summed E-state index contributed by atoms with van der Waals surface area (Å²) in [5.74, 6) is 0.203. The van der Waals surface area contributed by atoms with Gasteiger partial charge in [0.25, 0.3) is 5.56 Å². The fraction of sp³-hybridized carbons (Fsp3) is 0.440. The summed E-state index contributed by atoms with van der Waals surface area (Å²) in [6.45, 7) is 6.66. The second-order valence-corrected chi connectivity index (χ2v) is 11.5. The van der Waals surface area contributed by atoms with Crippen LogP contribution in [0.15, 0.2) is 46.9 Å². The first-order valence-corrected chi connectivity index (χ1v) is 14.4. The predicted octanol–water partition coefficient (Wildman–Crippen LogP) is 3.05. The van der Waals surface area contributed by atoms with Crippen LogP contribution in [0.1, 0.15) is 31.7 Å². The summed E-state index contributed by atoms with van der Waals surface area (Å²) in [5, 5.41) is -0.0194. The van der Waals surface area contributed by atoms with E-state index in [9.17, 15) is 18.0 Å². The van der Waals surface area contributed by atoms with Crippen molar-refractivity contribution in [2.24, 2.45) is 5.92 Å². The number of halogens is 1. The number of ether oxygens (including phenoxy) is 1. The molecule has 198 valence electrons. The molecule has 37 heavy (non-hydrogen) atoms. The molecule has 0 unspecified atom stereocenters. The van der Waals surface area contributed by atoms with Gasteiger partial charge in [-0.2, -0.15) is 9.97 Å². The van der Waals surface area contributed by atoms with Crippen molar-refractivity contribution in [2.45, 2.75) is 44.4 Å². The number of carbonyl (C=O) groups is 1. The maximum absolute atomic E-state index is 13.8. The van der Waals surface area contributed by atoms with Crippen molar-refractivity contribution in [3.8, 4) is 0 Å². The van der Waals surface area contributed by atoms with Crippen LogP contribution in [0.25, 0.3) is 11.2 Å². The SMILES string of the molecule is C=CCOC(=O)Cn1c(S(C)(=O)=O)nc2nc(N3CCC[C@@H](CC)C3)n(Cc3ccccc3Cl)c2c1=O. The Morgan fingerprint density at radius 2 is 2.03 bits per heavy atom. The molecule has 3 heterocycles. The number of sulfone groups is 1. The third-order valence-electron chi connectivity index (χ3n) is 6.46. The largest absolute Gasteiger partial charge is 0.460 e. The lowest BCUT2D eigenvalue weighted by molar-refractivity contribution is -0.143. The van der Waals surface area contributed by atoms with Gasteiger partial charge in [0.05, 0.1) is 6.54 Å². The molecule has 1 aromatic carbocycles. The molecule has 1 fully saturated rings. The fourth-order valence-corrected chi connectivity index (χ4v) is 5.60. The van der Waals surface area contributed by atoms with Crippen LogP contribution < -0.4 is 10.5 Å². The number of carbonyl (C=O) groups excluding carboxylic acids is 1. The van der Waals surface area contributed by atoms with Crippen LogP contribution in [0.4, 0.5) is 5.95 Å². The molecule has 1 saturated heterocycles. The molecule has 0 aliphatic carbocycles. The molecule has 3 aromatic rings. The quantitative estimate of drug-likeness (QED) is 0.228.